The monoisotopic (exact) mass is 455 g/mol. The molecule has 5 rings (SSSR count). The molecular weight excluding hydrogens is 426 g/mol. The average molecular weight is 456 g/mol. The largest absolute Gasteiger partial charge is 0.497 e. The Balaban J connectivity index is 1.56. The van der Waals surface area contributed by atoms with E-state index in [1.165, 1.54) is 11.1 Å². The van der Waals surface area contributed by atoms with E-state index in [-0.39, 0.29) is 12.1 Å². The first-order valence-electron chi connectivity index (χ1n) is 11.6. The van der Waals surface area contributed by atoms with Crippen LogP contribution in [0.1, 0.15) is 35.3 Å². The van der Waals surface area contributed by atoms with E-state index in [9.17, 15) is 4.79 Å². The van der Waals surface area contributed by atoms with Gasteiger partial charge in [0.25, 0.3) is 0 Å². The minimum atomic E-state index is -0.234. The van der Waals surface area contributed by atoms with Gasteiger partial charge in [-0.05, 0) is 61.7 Å². The lowest BCUT2D eigenvalue weighted by Crippen LogP contribution is -2.43. The molecule has 0 saturated carbocycles. The number of aromatic nitrogens is 1. The number of hydrogen-bond acceptors (Lipinski definition) is 3. The highest BCUT2D eigenvalue weighted by molar-refractivity contribution is 5.93. The highest BCUT2D eigenvalue weighted by Crippen LogP contribution is 2.40. The van der Waals surface area contributed by atoms with Crippen molar-refractivity contribution in [3.05, 3.63) is 89.1 Å². The van der Waals surface area contributed by atoms with Gasteiger partial charge in [0.2, 0.25) is 0 Å². The summed E-state index contributed by atoms with van der Waals surface area (Å²) in [6.07, 6.45) is 0.755. The van der Waals surface area contributed by atoms with Crippen LogP contribution in [0.4, 0.5) is 10.5 Å². The van der Waals surface area contributed by atoms with Crippen LogP contribution in [0.25, 0.3) is 10.9 Å². The Morgan fingerprint density at radius 3 is 2.68 bits per heavy atom. The fraction of sp³-hybridized carbons (Fsp3) is 0.250. The summed E-state index contributed by atoms with van der Waals surface area (Å²) in [5.74, 6) is 1.49. The quantitative estimate of drug-likeness (QED) is 0.384. The molecule has 2 heterocycles. The number of aryl methyl sites for hydroxylation is 1. The lowest BCUT2D eigenvalue weighted by molar-refractivity contribution is 0.193. The van der Waals surface area contributed by atoms with Crippen LogP contribution in [-0.2, 0) is 6.42 Å². The fourth-order valence-corrected chi connectivity index (χ4v) is 4.75. The first-order chi connectivity index (χ1) is 16.6. The van der Waals surface area contributed by atoms with Gasteiger partial charge in [-0.15, -0.1) is 0 Å². The smallest absolute Gasteiger partial charge is 0.322 e. The predicted octanol–water partition coefficient (Wildman–Crippen LogP) is 6.06. The van der Waals surface area contributed by atoms with Crippen LogP contribution in [0.3, 0.4) is 0 Å². The van der Waals surface area contributed by atoms with E-state index in [0.717, 1.165) is 34.3 Å². The van der Waals surface area contributed by atoms with Gasteiger partial charge in [-0.2, -0.15) is 0 Å². The van der Waals surface area contributed by atoms with Crippen molar-refractivity contribution >= 4 is 22.6 Å². The number of nitrogens with one attached hydrogen (secondary N) is 2. The number of rotatable bonds is 5. The molecule has 2 amide bonds. The number of carbonyl (C=O) groups is 1. The number of amides is 2. The Kier molecular flexibility index (Phi) is 5.88. The molecule has 1 aromatic heterocycles. The van der Waals surface area contributed by atoms with E-state index < -0.39 is 0 Å². The molecule has 6 heteroatoms. The van der Waals surface area contributed by atoms with Crippen LogP contribution >= 0.6 is 0 Å². The maximum Gasteiger partial charge on any atom is 0.322 e. The topological polar surface area (TPSA) is 66.6 Å². The molecule has 0 fully saturated rings. The van der Waals surface area contributed by atoms with Crippen LogP contribution in [0.15, 0.2) is 66.7 Å². The second-order valence-corrected chi connectivity index (χ2v) is 8.54. The molecule has 34 heavy (non-hydrogen) atoms. The van der Waals surface area contributed by atoms with Crippen molar-refractivity contribution in [2.24, 2.45) is 0 Å². The molecule has 6 nitrogen and oxygen atoms in total. The zero-order valence-corrected chi connectivity index (χ0v) is 19.7. The van der Waals surface area contributed by atoms with Crippen molar-refractivity contribution in [3.8, 4) is 11.5 Å². The second-order valence-electron chi connectivity index (χ2n) is 8.54. The van der Waals surface area contributed by atoms with Crippen LogP contribution in [0.5, 0.6) is 11.5 Å². The first-order valence-corrected chi connectivity index (χ1v) is 11.6. The number of carbonyl (C=O) groups excluding carboxylic acids is 1. The number of aromatic amines is 1. The van der Waals surface area contributed by atoms with Gasteiger partial charge in [0.15, 0.2) is 0 Å². The van der Waals surface area contributed by atoms with Gasteiger partial charge in [0.05, 0.1) is 25.4 Å². The Hall–Kier alpha value is -3.93. The molecule has 0 unspecified atom stereocenters. The standard InChI is InChI=1S/C28H29N3O3/c1-4-34-25-8-6-5-7-24(25)30-28(32)31-16-15-21-22-17-20(33-3)13-14-23(22)29-26(21)27(31)19-11-9-18(2)10-12-19/h5-14,17,27,29H,4,15-16H2,1-3H3,(H,30,32)/t27-/m1/s1. The lowest BCUT2D eigenvalue weighted by atomic mass is 9.92. The lowest BCUT2D eigenvalue weighted by Gasteiger charge is -2.36. The summed E-state index contributed by atoms with van der Waals surface area (Å²) >= 11 is 0. The predicted molar refractivity (Wildman–Crippen MR) is 135 cm³/mol. The molecule has 0 aliphatic carbocycles. The zero-order valence-electron chi connectivity index (χ0n) is 19.7. The van der Waals surface area contributed by atoms with Crippen LogP contribution < -0.4 is 14.8 Å². The Morgan fingerprint density at radius 1 is 1.12 bits per heavy atom. The first kappa shape index (κ1) is 21.9. The second kappa shape index (κ2) is 9.14. The Morgan fingerprint density at radius 2 is 1.91 bits per heavy atom. The zero-order chi connectivity index (χ0) is 23.7. The molecule has 174 valence electrons. The van der Waals surface area contributed by atoms with Gasteiger partial charge in [-0.1, -0.05) is 42.0 Å². The maximum absolute atomic E-state index is 13.6. The number of para-hydroxylation sites is 2. The van der Waals surface area contributed by atoms with E-state index >= 15 is 0 Å². The molecule has 1 atom stereocenters. The number of nitrogens with zero attached hydrogens (tertiary/aromatic N) is 1. The third-order valence-electron chi connectivity index (χ3n) is 6.42. The van der Waals surface area contributed by atoms with Crippen LogP contribution in [0.2, 0.25) is 0 Å². The van der Waals surface area contributed by atoms with Gasteiger partial charge in [-0.3, -0.25) is 0 Å². The van der Waals surface area contributed by atoms with Crippen molar-refractivity contribution in [3.63, 3.8) is 0 Å². The fourth-order valence-electron chi connectivity index (χ4n) is 4.75. The average Bonchev–Trinajstić information content (AvgIpc) is 3.23. The third kappa shape index (κ3) is 3.96. The number of urea groups is 1. The number of anilines is 1. The van der Waals surface area contributed by atoms with Gasteiger partial charge >= 0.3 is 6.03 Å². The summed E-state index contributed by atoms with van der Waals surface area (Å²) in [5, 5.41) is 4.23. The minimum absolute atomic E-state index is 0.153. The molecule has 0 bridgehead atoms. The number of ether oxygens (including phenoxy) is 2. The molecule has 1 aliphatic rings. The number of methoxy groups -OCH3 is 1. The Bertz CT molecular complexity index is 1330. The normalized spacial score (nSPS) is 15.1. The van der Waals surface area contributed by atoms with E-state index in [2.05, 4.69) is 47.6 Å². The highest BCUT2D eigenvalue weighted by Gasteiger charge is 2.35. The minimum Gasteiger partial charge on any atom is -0.497 e. The van der Waals surface area contributed by atoms with E-state index in [1.807, 2.05) is 48.2 Å². The summed E-state index contributed by atoms with van der Waals surface area (Å²) in [4.78, 5) is 19.1. The number of benzene rings is 3. The molecule has 0 saturated heterocycles. The van der Waals surface area contributed by atoms with Gasteiger partial charge in [-0.25, -0.2) is 4.79 Å². The molecule has 0 radical (unpaired) electrons. The summed E-state index contributed by atoms with van der Waals surface area (Å²) in [5.41, 5.74) is 6.25. The number of H-pyrrole nitrogens is 1. The SMILES string of the molecule is CCOc1ccccc1NC(=O)N1CCc2c([nH]c3ccc(OC)cc23)[C@H]1c1ccc(C)cc1. The van der Waals surface area contributed by atoms with E-state index in [1.54, 1.807) is 7.11 Å². The van der Waals surface area contributed by atoms with E-state index in [4.69, 9.17) is 9.47 Å². The van der Waals surface area contributed by atoms with Crippen LogP contribution in [0, 0.1) is 6.92 Å². The highest BCUT2D eigenvalue weighted by atomic mass is 16.5. The van der Waals surface area contributed by atoms with Gasteiger partial charge in [0.1, 0.15) is 11.5 Å². The van der Waals surface area contributed by atoms with Crippen molar-refractivity contribution in [2.75, 3.05) is 25.6 Å². The van der Waals surface area contributed by atoms with E-state index in [0.29, 0.717) is 24.6 Å². The summed E-state index contributed by atoms with van der Waals surface area (Å²) < 4.78 is 11.2. The Labute approximate surface area is 199 Å². The van der Waals surface area contributed by atoms with Gasteiger partial charge in [0, 0.05) is 23.1 Å². The molecule has 0 spiro atoms. The molecule has 1 aliphatic heterocycles. The van der Waals surface area contributed by atoms with Crippen molar-refractivity contribution in [1.82, 2.24) is 9.88 Å². The van der Waals surface area contributed by atoms with Crippen LogP contribution in [-0.4, -0.2) is 36.2 Å². The molecule has 4 aromatic rings. The summed E-state index contributed by atoms with van der Waals surface area (Å²) in [6, 6.07) is 21.6. The van der Waals surface area contributed by atoms with Crippen molar-refractivity contribution in [1.29, 1.82) is 0 Å². The third-order valence-corrected chi connectivity index (χ3v) is 6.42. The molecular formula is C28H29N3O3. The summed E-state index contributed by atoms with van der Waals surface area (Å²) in [6.45, 7) is 5.13. The maximum atomic E-state index is 13.6. The number of fused-ring (bicyclic) bond motifs is 3. The molecule has 3 aromatic carbocycles. The van der Waals surface area contributed by atoms with Crippen molar-refractivity contribution < 1.29 is 14.3 Å². The van der Waals surface area contributed by atoms with Gasteiger partial charge < -0.3 is 24.7 Å². The summed E-state index contributed by atoms with van der Waals surface area (Å²) in [7, 11) is 1.68. The molecule has 2 N–H and O–H groups in total. The van der Waals surface area contributed by atoms with Crippen molar-refractivity contribution in [2.45, 2.75) is 26.3 Å². The number of hydrogen-bond donors (Lipinski definition) is 2.